The van der Waals surface area contributed by atoms with Gasteiger partial charge in [0.05, 0.1) is 33.0 Å². The van der Waals surface area contributed by atoms with Crippen LogP contribution in [0.5, 0.6) is 0 Å². The molecule has 0 radical (unpaired) electrons. The molecule has 6 nitrogen and oxygen atoms in total. The van der Waals surface area contributed by atoms with Gasteiger partial charge in [0, 0.05) is 12.0 Å². The predicted octanol–water partition coefficient (Wildman–Crippen LogP) is 1.33. The molecule has 0 N–H and O–H groups in total. The van der Waals surface area contributed by atoms with E-state index in [0.29, 0.717) is 36.2 Å². The van der Waals surface area contributed by atoms with E-state index in [1.807, 2.05) is 7.05 Å². The molecule has 0 saturated carbocycles. The van der Waals surface area contributed by atoms with E-state index in [2.05, 4.69) is 17.7 Å². The topological polar surface area (TPSA) is 69.7 Å². The van der Waals surface area contributed by atoms with Crippen LogP contribution in [0.25, 0.3) is 0 Å². The summed E-state index contributed by atoms with van der Waals surface area (Å²) in [6.07, 6.45) is 1.49. The van der Waals surface area contributed by atoms with Crippen molar-refractivity contribution in [3.8, 4) is 0 Å². The van der Waals surface area contributed by atoms with E-state index < -0.39 is 10.1 Å². The van der Waals surface area contributed by atoms with Crippen LogP contribution in [0.1, 0.15) is 26.7 Å². The van der Waals surface area contributed by atoms with Gasteiger partial charge in [-0.3, -0.25) is 4.18 Å². The Balaban J connectivity index is 4.35. The third-order valence-electron chi connectivity index (χ3n) is 3.32. The molecule has 0 spiro atoms. The van der Waals surface area contributed by atoms with Crippen LogP contribution in [0.4, 0.5) is 0 Å². The number of carbonyl (C=O) groups is 1. The molecule has 1 atom stereocenters. The summed E-state index contributed by atoms with van der Waals surface area (Å²) in [7, 11) is -0.197. The minimum Gasteiger partial charge on any atom is -0.456 e. The molecule has 0 aromatic carbocycles. The summed E-state index contributed by atoms with van der Waals surface area (Å²) < 4.78 is 32.8. The Morgan fingerprint density at radius 2 is 1.86 bits per heavy atom. The number of hydrogen-bond acceptors (Lipinski definition) is 5. The molecule has 0 aliphatic heterocycles. The fourth-order valence-corrected chi connectivity index (χ4v) is 2.71. The lowest BCUT2D eigenvalue weighted by Crippen LogP contribution is -2.48. The van der Waals surface area contributed by atoms with E-state index in [-0.39, 0.29) is 11.7 Å². The number of hydrogen-bond donors (Lipinski definition) is 0. The number of likely N-dealkylation sites (N-methyl/N-ethyl adjacent to an activating group) is 1. The smallest absolute Gasteiger partial charge is 0.333 e. The van der Waals surface area contributed by atoms with E-state index in [1.54, 1.807) is 6.92 Å². The Morgan fingerprint density at radius 3 is 2.33 bits per heavy atom. The molecular weight excluding hydrogens is 294 g/mol. The van der Waals surface area contributed by atoms with Crippen LogP contribution in [0, 0.1) is 0 Å². The van der Waals surface area contributed by atoms with Gasteiger partial charge in [0.25, 0.3) is 10.1 Å². The maximum Gasteiger partial charge on any atom is 0.333 e. The summed E-state index contributed by atoms with van der Waals surface area (Å²) >= 11 is 0. The van der Waals surface area contributed by atoms with Gasteiger partial charge in [-0.1, -0.05) is 13.5 Å². The molecule has 0 aromatic heterocycles. The Bertz CT molecular complexity index is 446. The molecule has 0 aliphatic rings. The fraction of sp³-hybridized carbons (Fsp3) is 0.786. The van der Waals surface area contributed by atoms with Crippen molar-refractivity contribution in [2.75, 3.05) is 46.2 Å². The first kappa shape index (κ1) is 20.1. The minimum absolute atomic E-state index is 0.00656. The van der Waals surface area contributed by atoms with Crippen molar-refractivity contribution >= 4 is 16.1 Å². The van der Waals surface area contributed by atoms with Gasteiger partial charge >= 0.3 is 5.97 Å². The van der Waals surface area contributed by atoms with Crippen molar-refractivity contribution in [1.29, 1.82) is 0 Å². The number of ether oxygens (including phenoxy) is 1. The van der Waals surface area contributed by atoms with E-state index in [1.165, 1.54) is 7.11 Å². The molecule has 0 aliphatic carbocycles. The zero-order valence-electron chi connectivity index (χ0n) is 13.6. The van der Waals surface area contributed by atoms with Crippen molar-refractivity contribution in [3.63, 3.8) is 0 Å². The van der Waals surface area contributed by atoms with Crippen molar-refractivity contribution in [3.05, 3.63) is 12.2 Å². The lowest BCUT2D eigenvalue weighted by atomic mass is 10.3. The summed E-state index contributed by atoms with van der Waals surface area (Å²) in [6.45, 7) is 9.77. The molecule has 0 aromatic rings. The van der Waals surface area contributed by atoms with Crippen LogP contribution in [0.15, 0.2) is 12.2 Å². The van der Waals surface area contributed by atoms with E-state index in [9.17, 15) is 13.2 Å². The maximum absolute atomic E-state index is 11.3. The minimum atomic E-state index is -3.41. The summed E-state index contributed by atoms with van der Waals surface area (Å²) in [4.78, 5) is 11.3. The number of esters is 1. The van der Waals surface area contributed by atoms with Crippen LogP contribution < -0.4 is 0 Å². The molecule has 1 unspecified atom stereocenters. The maximum atomic E-state index is 11.3. The lowest BCUT2D eigenvalue weighted by molar-refractivity contribution is -0.909. The summed E-state index contributed by atoms with van der Waals surface area (Å²) in [5, 5.41) is 0. The molecule has 0 heterocycles. The normalized spacial score (nSPS) is 14.5. The van der Waals surface area contributed by atoms with Crippen molar-refractivity contribution in [1.82, 2.24) is 0 Å². The SMILES string of the molecule is C=C(C)C(=O)OCC[N+](C)(CCC)CCCS(=O)(=O)OC. The quantitative estimate of drug-likeness (QED) is 0.248. The Labute approximate surface area is 128 Å². The van der Waals surface area contributed by atoms with Gasteiger partial charge in [0.1, 0.15) is 13.2 Å². The molecule has 21 heavy (non-hydrogen) atoms. The van der Waals surface area contributed by atoms with Crippen LogP contribution in [-0.4, -0.2) is 65.0 Å². The van der Waals surface area contributed by atoms with Crippen LogP contribution in [0.2, 0.25) is 0 Å². The van der Waals surface area contributed by atoms with Gasteiger partial charge < -0.3 is 9.22 Å². The molecule has 0 amide bonds. The second kappa shape index (κ2) is 9.17. The lowest BCUT2D eigenvalue weighted by Gasteiger charge is -2.34. The highest BCUT2D eigenvalue weighted by molar-refractivity contribution is 7.86. The summed E-state index contributed by atoms with van der Waals surface area (Å²) in [6, 6.07) is 0. The molecule has 124 valence electrons. The van der Waals surface area contributed by atoms with E-state index >= 15 is 0 Å². The van der Waals surface area contributed by atoms with E-state index in [4.69, 9.17) is 4.74 Å². The van der Waals surface area contributed by atoms with Gasteiger partial charge in [-0.15, -0.1) is 0 Å². The van der Waals surface area contributed by atoms with Crippen LogP contribution in [-0.2, 0) is 23.8 Å². The first-order valence-corrected chi connectivity index (χ1v) is 8.68. The largest absolute Gasteiger partial charge is 0.456 e. The first-order valence-electron chi connectivity index (χ1n) is 7.10. The third-order valence-corrected chi connectivity index (χ3v) is 4.62. The van der Waals surface area contributed by atoms with Crippen molar-refractivity contribution in [2.24, 2.45) is 0 Å². The average molecular weight is 322 g/mol. The highest BCUT2D eigenvalue weighted by Gasteiger charge is 2.22. The number of quaternary nitrogens is 1. The number of carbonyl (C=O) groups excluding carboxylic acids is 1. The molecule has 7 heteroatoms. The fourth-order valence-electron chi connectivity index (χ4n) is 2.06. The van der Waals surface area contributed by atoms with Gasteiger partial charge in [-0.2, -0.15) is 8.42 Å². The highest BCUT2D eigenvalue weighted by Crippen LogP contribution is 2.08. The first-order chi connectivity index (χ1) is 9.66. The standard InChI is InChI=1S/C14H28NO5S/c1-6-8-15(4,9-7-12-21(17,18)19-5)10-11-20-14(16)13(2)3/h2,6-12H2,1,3-5H3/q+1. The second-order valence-corrected chi connectivity index (χ2v) is 7.35. The van der Waals surface area contributed by atoms with E-state index in [0.717, 1.165) is 13.0 Å². The average Bonchev–Trinajstić information content (AvgIpc) is 2.38. The van der Waals surface area contributed by atoms with Gasteiger partial charge in [-0.05, 0) is 13.3 Å². The highest BCUT2D eigenvalue weighted by atomic mass is 32.2. The Kier molecular flexibility index (Phi) is 8.77. The Morgan fingerprint density at radius 1 is 1.24 bits per heavy atom. The molecular formula is C14H28NO5S+. The van der Waals surface area contributed by atoms with Gasteiger partial charge in [-0.25, -0.2) is 4.79 Å². The third kappa shape index (κ3) is 8.85. The van der Waals surface area contributed by atoms with Crippen molar-refractivity contribution < 1.29 is 26.6 Å². The van der Waals surface area contributed by atoms with Gasteiger partial charge in [0.15, 0.2) is 0 Å². The summed E-state index contributed by atoms with van der Waals surface area (Å²) in [5.74, 6) is -0.382. The molecule has 0 bridgehead atoms. The zero-order valence-corrected chi connectivity index (χ0v) is 14.4. The second-order valence-electron chi connectivity index (χ2n) is 5.49. The van der Waals surface area contributed by atoms with Crippen molar-refractivity contribution in [2.45, 2.75) is 26.7 Å². The number of rotatable bonds is 11. The Hall–Kier alpha value is -0.920. The monoisotopic (exact) mass is 322 g/mol. The molecule has 0 fully saturated rings. The van der Waals surface area contributed by atoms with Gasteiger partial charge in [0.2, 0.25) is 0 Å². The van der Waals surface area contributed by atoms with Crippen LogP contribution >= 0.6 is 0 Å². The van der Waals surface area contributed by atoms with Crippen LogP contribution in [0.3, 0.4) is 0 Å². The zero-order chi connectivity index (χ0) is 16.5. The molecule has 0 rings (SSSR count). The molecule has 0 saturated heterocycles. The predicted molar refractivity (Wildman–Crippen MR) is 82.3 cm³/mol. The number of nitrogens with zero attached hydrogens (tertiary/aromatic N) is 1. The summed E-state index contributed by atoms with van der Waals surface area (Å²) in [5.41, 5.74) is 0.380.